The summed E-state index contributed by atoms with van der Waals surface area (Å²) in [7, 11) is 0. The highest BCUT2D eigenvalue weighted by Crippen LogP contribution is 2.22. The molecule has 18 heavy (non-hydrogen) atoms. The first-order valence-electron chi connectivity index (χ1n) is 5.08. The van der Waals surface area contributed by atoms with Crippen molar-refractivity contribution in [3.8, 4) is 0 Å². The first kappa shape index (κ1) is 13.6. The molecule has 0 unspecified atom stereocenters. The second-order valence-corrected chi connectivity index (χ2v) is 5.82. The summed E-state index contributed by atoms with van der Waals surface area (Å²) in [5.41, 5.74) is 1.16. The predicted octanol–water partition coefficient (Wildman–Crippen LogP) is 5.12. The molecule has 0 radical (unpaired) electrons. The van der Waals surface area contributed by atoms with Crippen LogP contribution in [0, 0.1) is 0 Å². The van der Waals surface area contributed by atoms with Crippen molar-refractivity contribution in [3.63, 3.8) is 0 Å². The number of anilines is 1. The highest BCUT2D eigenvalue weighted by molar-refractivity contribution is 9.10. The summed E-state index contributed by atoms with van der Waals surface area (Å²) in [5.74, 6) is -0.233. The second-order valence-electron chi connectivity index (χ2n) is 3.59. The average Bonchev–Trinajstić information content (AvgIpc) is 2.35. The van der Waals surface area contributed by atoms with Crippen LogP contribution in [0.3, 0.4) is 0 Å². The van der Waals surface area contributed by atoms with Crippen molar-refractivity contribution in [2.24, 2.45) is 0 Å². The fourth-order valence-electron chi connectivity index (χ4n) is 1.40. The van der Waals surface area contributed by atoms with Crippen LogP contribution >= 0.6 is 43.5 Å². The Kier molecular flexibility index (Phi) is 4.43. The van der Waals surface area contributed by atoms with Gasteiger partial charge in [-0.3, -0.25) is 4.79 Å². The Morgan fingerprint density at radius 1 is 1.00 bits per heavy atom. The topological polar surface area (TPSA) is 29.1 Å². The fraction of sp³-hybridized carbons (Fsp3) is 0. The predicted molar refractivity (Wildman–Crippen MR) is 81.2 cm³/mol. The van der Waals surface area contributed by atoms with Gasteiger partial charge in [-0.2, -0.15) is 0 Å². The number of carbonyl (C=O) groups is 1. The summed E-state index contributed by atoms with van der Waals surface area (Å²) in [5, 5.41) is 3.21. The summed E-state index contributed by atoms with van der Waals surface area (Å²) in [6.45, 7) is 0. The molecule has 0 aliphatic carbocycles. The lowest BCUT2D eigenvalue weighted by atomic mass is 10.2. The van der Waals surface area contributed by atoms with E-state index in [0.29, 0.717) is 10.6 Å². The molecule has 92 valence electrons. The molecule has 1 N–H and O–H groups in total. The molecule has 0 aliphatic heterocycles. The van der Waals surface area contributed by atoms with E-state index >= 15 is 0 Å². The molecule has 0 atom stereocenters. The van der Waals surface area contributed by atoms with Crippen LogP contribution in [0.5, 0.6) is 0 Å². The van der Waals surface area contributed by atoms with Gasteiger partial charge in [-0.05, 0) is 42.5 Å². The lowest BCUT2D eigenvalue weighted by Gasteiger charge is -2.07. The van der Waals surface area contributed by atoms with Crippen LogP contribution in [-0.4, -0.2) is 5.91 Å². The van der Waals surface area contributed by atoms with Crippen molar-refractivity contribution in [3.05, 3.63) is 62.0 Å². The minimum absolute atomic E-state index is 0.233. The van der Waals surface area contributed by atoms with Crippen molar-refractivity contribution in [1.29, 1.82) is 0 Å². The van der Waals surface area contributed by atoms with Gasteiger partial charge in [-0.25, -0.2) is 0 Å². The number of hydrogen-bond acceptors (Lipinski definition) is 1. The maximum atomic E-state index is 12.0. The molecule has 0 saturated heterocycles. The maximum absolute atomic E-state index is 12.0. The van der Waals surface area contributed by atoms with Gasteiger partial charge in [0.1, 0.15) is 0 Å². The van der Waals surface area contributed by atoms with Gasteiger partial charge in [-0.1, -0.05) is 43.5 Å². The van der Waals surface area contributed by atoms with Gasteiger partial charge < -0.3 is 5.32 Å². The molecular formula is C13H8Br2ClNO. The Hall–Kier alpha value is -0.840. The summed E-state index contributed by atoms with van der Waals surface area (Å²) in [6.07, 6.45) is 0. The normalized spacial score (nSPS) is 10.2. The lowest BCUT2D eigenvalue weighted by molar-refractivity contribution is 0.102. The van der Waals surface area contributed by atoms with Crippen LogP contribution in [0.1, 0.15) is 10.4 Å². The van der Waals surface area contributed by atoms with Crippen molar-refractivity contribution >= 4 is 55.1 Å². The van der Waals surface area contributed by atoms with Gasteiger partial charge in [0, 0.05) is 14.6 Å². The summed E-state index contributed by atoms with van der Waals surface area (Å²) < 4.78 is 1.77. The van der Waals surface area contributed by atoms with Crippen molar-refractivity contribution < 1.29 is 4.79 Å². The van der Waals surface area contributed by atoms with E-state index in [0.717, 1.165) is 14.6 Å². The molecule has 0 spiro atoms. The Labute approximate surface area is 127 Å². The number of hydrogen-bond donors (Lipinski definition) is 1. The van der Waals surface area contributed by atoms with E-state index in [4.69, 9.17) is 11.6 Å². The zero-order valence-corrected chi connectivity index (χ0v) is 13.0. The summed E-state index contributed by atoms with van der Waals surface area (Å²) in [6, 6.07) is 12.5. The SMILES string of the molecule is O=C(Nc1ccc(Br)cc1)c1cc(Br)ccc1Cl. The number of carbonyl (C=O) groups excluding carboxylic acids is 1. The Morgan fingerprint density at radius 2 is 1.61 bits per heavy atom. The maximum Gasteiger partial charge on any atom is 0.257 e. The molecule has 0 heterocycles. The molecule has 0 saturated carbocycles. The third-order valence-electron chi connectivity index (χ3n) is 2.28. The first-order chi connectivity index (χ1) is 8.56. The molecule has 0 aliphatic rings. The third-order valence-corrected chi connectivity index (χ3v) is 3.63. The van der Waals surface area contributed by atoms with Gasteiger partial charge in [0.25, 0.3) is 5.91 Å². The number of amides is 1. The van der Waals surface area contributed by atoms with Gasteiger partial charge in [0.15, 0.2) is 0 Å². The average molecular weight is 389 g/mol. The van der Waals surface area contributed by atoms with E-state index in [1.807, 2.05) is 24.3 Å². The van der Waals surface area contributed by atoms with Crippen LogP contribution < -0.4 is 5.32 Å². The lowest BCUT2D eigenvalue weighted by Crippen LogP contribution is -2.12. The van der Waals surface area contributed by atoms with Gasteiger partial charge in [0.05, 0.1) is 10.6 Å². The second kappa shape index (κ2) is 5.87. The highest BCUT2D eigenvalue weighted by atomic mass is 79.9. The van der Waals surface area contributed by atoms with E-state index in [1.165, 1.54) is 0 Å². The van der Waals surface area contributed by atoms with Gasteiger partial charge in [-0.15, -0.1) is 0 Å². The molecular weight excluding hydrogens is 381 g/mol. The summed E-state index contributed by atoms with van der Waals surface area (Å²) in [4.78, 5) is 12.0. The summed E-state index contributed by atoms with van der Waals surface area (Å²) >= 11 is 12.6. The van der Waals surface area contributed by atoms with E-state index < -0.39 is 0 Å². The van der Waals surface area contributed by atoms with Crippen LogP contribution in [0.4, 0.5) is 5.69 Å². The van der Waals surface area contributed by atoms with Crippen LogP contribution in [0.25, 0.3) is 0 Å². The number of rotatable bonds is 2. The zero-order valence-electron chi connectivity index (χ0n) is 9.08. The quantitative estimate of drug-likeness (QED) is 0.759. The van der Waals surface area contributed by atoms with Gasteiger partial charge >= 0.3 is 0 Å². The van der Waals surface area contributed by atoms with Crippen LogP contribution in [0.2, 0.25) is 5.02 Å². The fourth-order valence-corrected chi connectivity index (χ4v) is 2.23. The Bertz CT molecular complexity index is 584. The monoisotopic (exact) mass is 387 g/mol. The standard InChI is InChI=1S/C13H8Br2ClNO/c14-8-1-4-10(5-2-8)17-13(18)11-7-9(15)3-6-12(11)16/h1-7H,(H,17,18). The van der Waals surface area contributed by atoms with E-state index in [9.17, 15) is 4.79 Å². The number of nitrogens with one attached hydrogen (secondary N) is 1. The zero-order chi connectivity index (χ0) is 13.1. The molecule has 1 amide bonds. The molecule has 5 heteroatoms. The Balaban J connectivity index is 2.21. The number of halogens is 3. The van der Waals surface area contributed by atoms with Crippen LogP contribution in [0.15, 0.2) is 51.4 Å². The molecule has 2 nitrogen and oxygen atoms in total. The minimum atomic E-state index is -0.233. The minimum Gasteiger partial charge on any atom is -0.322 e. The van der Waals surface area contributed by atoms with Crippen molar-refractivity contribution in [1.82, 2.24) is 0 Å². The Morgan fingerprint density at radius 3 is 2.28 bits per heavy atom. The van der Waals surface area contributed by atoms with Crippen molar-refractivity contribution in [2.45, 2.75) is 0 Å². The van der Waals surface area contributed by atoms with Crippen molar-refractivity contribution in [2.75, 3.05) is 5.32 Å². The van der Waals surface area contributed by atoms with E-state index in [1.54, 1.807) is 18.2 Å². The molecule has 0 fully saturated rings. The molecule has 2 aromatic rings. The molecule has 0 aromatic heterocycles. The smallest absolute Gasteiger partial charge is 0.257 e. The van der Waals surface area contributed by atoms with Gasteiger partial charge in [0.2, 0.25) is 0 Å². The largest absolute Gasteiger partial charge is 0.322 e. The van der Waals surface area contributed by atoms with E-state index in [2.05, 4.69) is 37.2 Å². The molecule has 2 aromatic carbocycles. The first-order valence-corrected chi connectivity index (χ1v) is 7.04. The number of benzene rings is 2. The van der Waals surface area contributed by atoms with Crippen LogP contribution in [-0.2, 0) is 0 Å². The molecule has 0 bridgehead atoms. The highest BCUT2D eigenvalue weighted by Gasteiger charge is 2.10. The van der Waals surface area contributed by atoms with E-state index in [-0.39, 0.29) is 5.91 Å². The molecule has 2 rings (SSSR count). The third kappa shape index (κ3) is 3.34.